The highest BCUT2D eigenvalue weighted by atomic mass is 35.5. The van der Waals surface area contributed by atoms with Gasteiger partial charge >= 0.3 is 5.38 Å². The first-order valence-electron chi connectivity index (χ1n) is 5.93. The fraction of sp³-hybridized carbons (Fsp3) is 0.833. The zero-order valence-corrected chi connectivity index (χ0v) is 11.5. The first kappa shape index (κ1) is 17.1. The molecule has 1 atom stereocenters. The van der Waals surface area contributed by atoms with E-state index >= 15 is 0 Å². The molecule has 0 saturated heterocycles. The third kappa shape index (κ3) is 7.93. The van der Waals surface area contributed by atoms with Gasteiger partial charge in [-0.2, -0.15) is 8.78 Å². The summed E-state index contributed by atoms with van der Waals surface area (Å²) in [6, 6.07) is 0. The van der Waals surface area contributed by atoms with Crippen molar-refractivity contribution in [2.75, 3.05) is 0 Å². The van der Waals surface area contributed by atoms with E-state index in [2.05, 4.69) is 18.5 Å². The molecule has 5 heteroatoms. The molecule has 0 fully saturated rings. The molecule has 0 saturated carbocycles. The van der Waals surface area contributed by atoms with Gasteiger partial charge in [-0.1, -0.05) is 56.7 Å². The van der Waals surface area contributed by atoms with E-state index in [1.54, 1.807) is 0 Å². The molecule has 1 unspecified atom stereocenters. The number of hydrogen-bond acceptors (Lipinski definition) is 0. The van der Waals surface area contributed by atoms with Crippen LogP contribution in [0, 0.1) is 0 Å². The van der Waals surface area contributed by atoms with Crippen molar-refractivity contribution < 1.29 is 13.2 Å². The molecule has 0 N–H and O–H groups in total. The predicted molar refractivity (Wildman–Crippen MR) is 67.6 cm³/mol. The highest BCUT2D eigenvalue weighted by Gasteiger charge is 2.50. The highest BCUT2D eigenvalue weighted by Crippen LogP contribution is 2.40. The topological polar surface area (TPSA) is 0 Å². The van der Waals surface area contributed by atoms with Crippen LogP contribution in [0.3, 0.4) is 0 Å². The second-order valence-electron chi connectivity index (χ2n) is 4.08. The van der Waals surface area contributed by atoms with Crippen LogP contribution in [-0.4, -0.2) is 10.5 Å². The molecule has 0 aromatic rings. The third-order valence-corrected chi connectivity index (χ3v) is 3.16. The number of alkyl halides is 5. The fourth-order valence-corrected chi connectivity index (χ4v) is 1.52. The largest absolute Gasteiger partial charge is 0.372 e. The molecule has 0 radical (unpaired) electrons. The van der Waals surface area contributed by atoms with Gasteiger partial charge in [0.15, 0.2) is 0 Å². The number of halogens is 5. The molecule has 0 aliphatic rings. The van der Waals surface area contributed by atoms with Crippen molar-refractivity contribution >= 4 is 23.2 Å². The van der Waals surface area contributed by atoms with Gasteiger partial charge in [0.05, 0.1) is 0 Å². The van der Waals surface area contributed by atoms with Crippen LogP contribution < -0.4 is 0 Å². The number of rotatable bonds is 9. The van der Waals surface area contributed by atoms with E-state index in [1.165, 1.54) is 25.3 Å². The minimum atomic E-state index is -4.08. The van der Waals surface area contributed by atoms with Gasteiger partial charge in [-0.05, 0) is 30.5 Å². The van der Waals surface area contributed by atoms with Crippen LogP contribution in [-0.2, 0) is 0 Å². The van der Waals surface area contributed by atoms with Crippen molar-refractivity contribution in [3.05, 3.63) is 12.2 Å². The van der Waals surface area contributed by atoms with Gasteiger partial charge in [-0.15, -0.1) is 0 Å². The summed E-state index contributed by atoms with van der Waals surface area (Å²) < 4.78 is 37.9. The molecule has 0 spiro atoms. The zero-order valence-electron chi connectivity index (χ0n) is 9.99. The van der Waals surface area contributed by atoms with Crippen molar-refractivity contribution in [2.45, 2.75) is 62.4 Å². The highest BCUT2D eigenvalue weighted by molar-refractivity contribution is 6.33. The SMILES string of the molecule is CCCCCCCCC=CC(F)(Cl)C(F)(F)Cl. The van der Waals surface area contributed by atoms with Crippen molar-refractivity contribution in [1.29, 1.82) is 0 Å². The molecule has 0 aromatic carbocycles. The summed E-state index contributed by atoms with van der Waals surface area (Å²) in [6.45, 7) is 2.14. The summed E-state index contributed by atoms with van der Waals surface area (Å²) in [5, 5.41) is -7.37. The molecule has 0 amide bonds. The Balaban J connectivity index is 3.67. The van der Waals surface area contributed by atoms with E-state index in [0.717, 1.165) is 19.3 Å². The van der Waals surface area contributed by atoms with E-state index < -0.39 is 10.5 Å². The molecule has 0 rings (SSSR count). The van der Waals surface area contributed by atoms with Crippen LogP contribution >= 0.6 is 23.2 Å². The maximum Gasteiger partial charge on any atom is 0.372 e. The van der Waals surface area contributed by atoms with Gasteiger partial charge in [0.25, 0.3) is 5.13 Å². The normalized spacial score (nSPS) is 16.4. The van der Waals surface area contributed by atoms with Crippen LogP contribution in [0.25, 0.3) is 0 Å². The molecule has 17 heavy (non-hydrogen) atoms. The average molecular weight is 291 g/mol. The number of hydrogen-bond donors (Lipinski definition) is 0. The van der Waals surface area contributed by atoms with Crippen LogP contribution in [0.5, 0.6) is 0 Å². The molecular weight excluding hydrogens is 272 g/mol. The summed E-state index contributed by atoms with van der Waals surface area (Å²) in [7, 11) is 0. The van der Waals surface area contributed by atoms with E-state index in [4.69, 9.17) is 11.6 Å². The Morgan fingerprint density at radius 3 is 2.00 bits per heavy atom. The minimum absolute atomic E-state index is 0.539. The Morgan fingerprint density at radius 2 is 1.47 bits per heavy atom. The van der Waals surface area contributed by atoms with E-state index in [0.29, 0.717) is 12.5 Å². The fourth-order valence-electron chi connectivity index (χ4n) is 1.37. The molecule has 0 nitrogen and oxygen atoms in total. The standard InChI is InChI=1S/C12H19Cl2F3/c1-2-3-4-5-6-7-8-9-10-11(13,15)12(14,16)17/h9-10H,2-8H2,1H3. The van der Waals surface area contributed by atoms with Gasteiger partial charge in [0.2, 0.25) is 0 Å². The maximum absolute atomic E-state index is 13.1. The average Bonchev–Trinajstić information content (AvgIpc) is 2.20. The number of allylic oxidation sites excluding steroid dienone is 2. The van der Waals surface area contributed by atoms with Crippen molar-refractivity contribution in [3.8, 4) is 0 Å². The lowest BCUT2D eigenvalue weighted by atomic mass is 10.1. The number of unbranched alkanes of at least 4 members (excludes halogenated alkanes) is 6. The lowest BCUT2D eigenvalue weighted by Gasteiger charge is -2.18. The summed E-state index contributed by atoms with van der Waals surface area (Å²) in [6.07, 6.45) is 9.06. The summed E-state index contributed by atoms with van der Waals surface area (Å²) in [4.78, 5) is 0. The van der Waals surface area contributed by atoms with Crippen LogP contribution in [0.1, 0.15) is 51.9 Å². The zero-order chi connectivity index (χ0) is 13.4. The van der Waals surface area contributed by atoms with Crippen molar-refractivity contribution in [3.63, 3.8) is 0 Å². The van der Waals surface area contributed by atoms with Crippen molar-refractivity contribution in [2.24, 2.45) is 0 Å². The molecular formula is C12H19Cl2F3. The third-order valence-electron chi connectivity index (χ3n) is 2.43. The monoisotopic (exact) mass is 290 g/mol. The van der Waals surface area contributed by atoms with Gasteiger partial charge < -0.3 is 0 Å². The second-order valence-corrected chi connectivity index (χ2v) is 5.10. The van der Waals surface area contributed by atoms with Gasteiger partial charge in [-0.3, -0.25) is 0 Å². The smallest absolute Gasteiger partial charge is 0.213 e. The maximum atomic E-state index is 13.1. The summed E-state index contributed by atoms with van der Waals surface area (Å²) in [5.74, 6) is 0. The molecule has 0 heterocycles. The molecule has 0 aliphatic heterocycles. The first-order chi connectivity index (χ1) is 7.81. The Hall–Kier alpha value is 0.110. The quantitative estimate of drug-likeness (QED) is 0.276. The minimum Gasteiger partial charge on any atom is -0.213 e. The predicted octanol–water partition coefficient (Wildman–Crippen LogP) is 6.03. The van der Waals surface area contributed by atoms with E-state index in [1.807, 2.05) is 0 Å². The Kier molecular flexibility index (Phi) is 8.31. The molecule has 0 bridgehead atoms. The Labute approximate surface area is 111 Å². The van der Waals surface area contributed by atoms with Crippen LogP contribution in [0.15, 0.2) is 12.2 Å². The van der Waals surface area contributed by atoms with Gasteiger partial charge in [-0.25, -0.2) is 4.39 Å². The van der Waals surface area contributed by atoms with E-state index in [-0.39, 0.29) is 0 Å². The Bertz CT molecular complexity index is 222. The first-order valence-corrected chi connectivity index (χ1v) is 6.69. The second kappa shape index (κ2) is 8.25. The van der Waals surface area contributed by atoms with Gasteiger partial charge in [0.1, 0.15) is 0 Å². The van der Waals surface area contributed by atoms with Gasteiger partial charge in [0, 0.05) is 0 Å². The molecule has 0 aromatic heterocycles. The summed E-state index contributed by atoms with van der Waals surface area (Å²) >= 11 is 9.49. The summed E-state index contributed by atoms with van der Waals surface area (Å²) in [5.41, 5.74) is 0. The van der Waals surface area contributed by atoms with Crippen LogP contribution in [0.4, 0.5) is 13.2 Å². The van der Waals surface area contributed by atoms with Crippen molar-refractivity contribution in [1.82, 2.24) is 0 Å². The van der Waals surface area contributed by atoms with Crippen LogP contribution in [0.2, 0.25) is 0 Å². The molecule has 102 valence electrons. The lowest BCUT2D eigenvalue weighted by Crippen LogP contribution is -2.31. The molecule has 0 aliphatic carbocycles. The van der Waals surface area contributed by atoms with E-state index in [9.17, 15) is 13.2 Å². The Morgan fingerprint density at radius 1 is 0.941 bits per heavy atom. The lowest BCUT2D eigenvalue weighted by molar-refractivity contribution is 0.00616.